The predicted octanol–water partition coefficient (Wildman–Crippen LogP) is 2.61. The van der Waals surface area contributed by atoms with Gasteiger partial charge >= 0.3 is 0 Å². The zero-order chi connectivity index (χ0) is 15.2. The summed E-state index contributed by atoms with van der Waals surface area (Å²) in [6.45, 7) is 0.682. The van der Waals surface area contributed by atoms with Crippen LogP contribution in [0, 0.1) is 0 Å². The number of nitrogens with two attached hydrogens (primary N) is 1. The summed E-state index contributed by atoms with van der Waals surface area (Å²) in [5.74, 6) is -0.433. The summed E-state index contributed by atoms with van der Waals surface area (Å²) in [7, 11) is 0. The highest BCUT2D eigenvalue weighted by Crippen LogP contribution is 2.20. The van der Waals surface area contributed by atoms with E-state index in [2.05, 4.69) is 0 Å². The Bertz CT molecular complexity index is 540. The third kappa shape index (κ3) is 4.60. The highest BCUT2D eigenvalue weighted by atomic mass is 35.5. The van der Waals surface area contributed by atoms with Crippen molar-refractivity contribution in [1.29, 1.82) is 0 Å². The van der Waals surface area contributed by atoms with Gasteiger partial charge in [0.15, 0.2) is 0 Å². The van der Waals surface area contributed by atoms with Gasteiger partial charge in [-0.05, 0) is 43.0 Å². The Kier molecular flexibility index (Phi) is 5.39. The van der Waals surface area contributed by atoms with Gasteiger partial charge in [0.25, 0.3) is 0 Å². The minimum Gasteiger partial charge on any atom is -0.370 e. The lowest BCUT2D eigenvalue weighted by molar-refractivity contribution is -0.130. The van der Waals surface area contributed by atoms with Crippen LogP contribution in [0.25, 0.3) is 6.08 Å². The molecular weight excluding hydrogens is 288 g/mol. The monoisotopic (exact) mass is 306 g/mol. The van der Waals surface area contributed by atoms with Crippen LogP contribution in [0.4, 0.5) is 0 Å². The van der Waals surface area contributed by atoms with Crippen LogP contribution in [0.15, 0.2) is 30.3 Å². The van der Waals surface area contributed by atoms with E-state index < -0.39 is 0 Å². The predicted molar refractivity (Wildman–Crippen MR) is 83.6 cm³/mol. The first kappa shape index (κ1) is 15.6. The molecule has 2 rings (SSSR count). The minimum atomic E-state index is -0.360. The van der Waals surface area contributed by atoms with Gasteiger partial charge in [-0.3, -0.25) is 9.59 Å². The van der Waals surface area contributed by atoms with Crippen molar-refractivity contribution in [2.45, 2.75) is 31.7 Å². The maximum atomic E-state index is 12.3. The number of amides is 2. The van der Waals surface area contributed by atoms with Gasteiger partial charge < -0.3 is 10.6 Å². The van der Waals surface area contributed by atoms with Crippen molar-refractivity contribution in [3.63, 3.8) is 0 Å². The first-order valence-electron chi connectivity index (χ1n) is 7.09. The Hall–Kier alpha value is -1.81. The molecular formula is C16H19ClN2O2. The number of carbonyl (C=O) groups excluding carboxylic acids is 2. The van der Waals surface area contributed by atoms with E-state index in [0.717, 1.165) is 24.8 Å². The Morgan fingerprint density at radius 1 is 1.29 bits per heavy atom. The molecule has 1 aliphatic rings. The molecule has 21 heavy (non-hydrogen) atoms. The topological polar surface area (TPSA) is 63.4 Å². The second-order valence-corrected chi connectivity index (χ2v) is 5.67. The Morgan fingerprint density at radius 3 is 2.67 bits per heavy atom. The first-order chi connectivity index (χ1) is 10.1. The summed E-state index contributed by atoms with van der Waals surface area (Å²) in [5.41, 5.74) is 6.17. The standard InChI is InChI=1S/C16H19ClN2O2/c17-13-7-4-12(5-8-13)6-9-16(21)19-10-2-1-3-14(19)11-15(18)20/h4-9,14H,1-3,10-11H2,(H2,18,20). The second kappa shape index (κ2) is 7.27. The molecule has 1 heterocycles. The number of likely N-dealkylation sites (tertiary alicyclic amines) is 1. The first-order valence-corrected chi connectivity index (χ1v) is 7.46. The summed E-state index contributed by atoms with van der Waals surface area (Å²) in [5, 5.41) is 0.663. The van der Waals surface area contributed by atoms with Gasteiger partial charge in [0.05, 0.1) is 0 Å². The number of primary amides is 1. The lowest BCUT2D eigenvalue weighted by atomic mass is 9.99. The van der Waals surface area contributed by atoms with Crippen molar-refractivity contribution in [3.8, 4) is 0 Å². The highest BCUT2D eigenvalue weighted by molar-refractivity contribution is 6.30. The van der Waals surface area contributed by atoms with Crippen molar-refractivity contribution in [2.24, 2.45) is 5.73 Å². The third-order valence-electron chi connectivity index (χ3n) is 3.64. The van der Waals surface area contributed by atoms with Gasteiger partial charge in [0.2, 0.25) is 11.8 Å². The lowest BCUT2D eigenvalue weighted by Crippen LogP contribution is -2.44. The molecule has 0 aliphatic carbocycles. The molecule has 1 saturated heterocycles. The summed E-state index contributed by atoms with van der Waals surface area (Å²) < 4.78 is 0. The van der Waals surface area contributed by atoms with E-state index in [1.54, 1.807) is 29.2 Å². The van der Waals surface area contributed by atoms with E-state index in [0.29, 0.717) is 11.6 Å². The summed E-state index contributed by atoms with van der Waals surface area (Å²) in [4.78, 5) is 25.1. The van der Waals surface area contributed by atoms with Crippen molar-refractivity contribution >= 4 is 29.5 Å². The van der Waals surface area contributed by atoms with Crippen LogP contribution in [0.5, 0.6) is 0 Å². The van der Waals surface area contributed by atoms with Crippen LogP contribution in [0.1, 0.15) is 31.2 Å². The minimum absolute atomic E-state index is 0.0707. The fraction of sp³-hybridized carbons (Fsp3) is 0.375. The highest BCUT2D eigenvalue weighted by Gasteiger charge is 2.26. The van der Waals surface area contributed by atoms with E-state index >= 15 is 0 Å². The molecule has 4 nitrogen and oxygen atoms in total. The average molecular weight is 307 g/mol. The fourth-order valence-electron chi connectivity index (χ4n) is 2.57. The van der Waals surface area contributed by atoms with Crippen molar-refractivity contribution < 1.29 is 9.59 Å². The summed E-state index contributed by atoms with van der Waals surface area (Å²) >= 11 is 5.82. The van der Waals surface area contributed by atoms with Crippen LogP contribution >= 0.6 is 11.6 Å². The number of rotatable bonds is 4. The molecule has 1 aromatic carbocycles. The number of hydrogen-bond donors (Lipinski definition) is 1. The SMILES string of the molecule is NC(=O)CC1CCCCN1C(=O)C=Cc1ccc(Cl)cc1. The van der Waals surface area contributed by atoms with Gasteiger partial charge in [-0.15, -0.1) is 0 Å². The Labute approximate surface area is 129 Å². The quantitative estimate of drug-likeness (QED) is 0.869. The largest absolute Gasteiger partial charge is 0.370 e. The number of nitrogens with zero attached hydrogens (tertiary/aromatic N) is 1. The van der Waals surface area contributed by atoms with Crippen molar-refractivity contribution in [1.82, 2.24) is 4.90 Å². The number of carbonyl (C=O) groups is 2. The molecule has 0 bridgehead atoms. The van der Waals surface area contributed by atoms with E-state index in [1.807, 2.05) is 12.1 Å². The molecule has 1 aliphatic heterocycles. The molecule has 0 spiro atoms. The number of piperidine rings is 1. The summed E-state index contributed by atoms with van der Waals surface area (Å²) in [6.07, 6.45) is 6.37. The van der Waals surface area contributed by atoms with Crippen molar-refractivity contribution in [3.05, 3.63) is 40.9 Å². The molecule has 112 valence electrons. The second-order valence-electron chi connectivity index (χ2n) is 5.24. The maximum Gasteiger partial charge on any atom is 0.246 e. The van der Waals surface area contributed by atoms with E-state index in [4.69, 9.17) is 17.3 Å². The van der Waals surface area contributed by atoms with Crippen molar-refractivity contribution in [2.75, 3.05) is 6.54 Å². The molecule has 0 radical (unpaired) electrons. The van der Waals surface area contributed by atoms with Crippen LogP contribution < -0.4 is 5.73 Å². The van der Waals surface area contributed by atoms with E-state index in [9.17, 15) is 9.59 Å². The Morgan fingerprint density at radius 2 is 2.00 bits per heavy atom. The van der Waals surface area contributed by atoms with Gasteiger partial charge in [0.1, 0.15) is 0 Å². The zero-order valence-electron chi connectivity index (χ0n) is 11.8. The molecule has 0 aromatic heterocycles. The lowest BCUT2D eigenvalue weighted by Gasteiger charge is -2.34. The van der Waals surface area contributed by atoms with E-state index in [1.165, 1.54) is 0 Å². The van der Waals surface area contributed by atoms with E-state index in [-0.39, 0.29) is 24.3 Å². The van der Waals surface area contributed by atoms with Crippen LogP contribution in [-0.2, 0) is 9.59 Å². The van der Waals surface area contributed by atoms with Gasteiger partial charge in [-0.2, -0.15) is 0 Å². The average Bonchev–Trinajstić information content (AvgIpc) is 2.46. The molecule has 1 fully saturated rings. The zero-order valence-corrected chi connectivity index (χ0v) is 12.6. The van der Waals surface area contributed by atoms with Crippen LogP contribution in [0.2, 0.25) is 5.02 Å². The number of benzene rings is 1. The van der Waals surface area contributed by atoms with Crippen LogP contribution in [-0.4, -0.2) is 29.3 Å². The molecule has 5 heteroatoms. The Balaban J connectivity index is 2.03. The molecule has 2 N–H and O–H groups in total. The number of halogens is 1. The molecule has 1 unspecified atom stereocenters. The van der Waals surface area contributed by atoms with Crippen LogP contribution in [0.3, 0.4) is 0 Å². The molecule has 2 amide bonds. The number of hydrogen-bond acceptors (Lipinski definition) is 2. The smallest absolute Gasteiger partial charge is 0.246 e. The normalized spacial score (nSPS) is 18.9. The van der Waals surface area contributed by atoms with Gasteiger partial charge in [-0.1, -0.05) is 23.7 Å². The van der Waals surface area contributed by atoms with Gasteiger partial charge in [-0.25, -0.2) is 0 Å². The molecule has 1 aromatic rings. The molecule has 1 atom stereocenters. The fourth-order valence-corrected chi connectivity index (χ4v) is 2.70. The summed E-state index contributed by atoms with van der Waals surface area (Å²) in [6, 6.07) is 7.19. The molecule has 0 saturated carbocycles. The maximum absolute atomic E-state index is 12.3. The third-order valence-corrected chi connectivity index (χ3v) is 3.89. The van der Waals surface area contributed by atoms with Gasteiger partial charge in [0, 0.05) is 30.1 Å².